The minimum Gasteiger partial charge on any atom is -0.351 e. The third-order valence-electron chi connectivity index (χ3n) is 5.35. The first kappa shape index (κ1) is 20.2. The van der Waals surface area contributed by atoms with Gasteiger partial charge in [0.1, 0.15) is 0 Å². The van der Waals surface area contributed by atoms with Crippen molar-refractivity contribution in [2.24, 2.45) is 0 Å². The second-order valence-corrected chi connectivity index (χ2v) is 7.28. The van der Waals surface area contributed by atoms with E-state index in [-0.39, 0.29) is 18.0 Å². The molecule has 2 heterocycles. The molecule has 2 aromatic rings. The molecule has 7 heteroatoms. The van der Waals surface area contributed by atoms with Crippen molar-refractivity contribution in [1.82, 2.24) is 25.3 Å². The molecule has 0 radical (unpaired) electrons. The number of carbonyl (C=O) groups is 1. The van der Waals surface area contributed by atoms with E-state index in [0.29, 0.717) is 18.3 Å². The van der Waals surface area contributed by atoms with Crippen LogP contribution < -0.4 is 5.32 Å². The summed E-state index contributed by atoms with van der Waals surface area (Å²) in [5.41, 5.74) is 2.16. The van der Waals surface area contributed by atoms with E-state index < -0.39 is 0 Å². The number of aryl methyl sites for hydroxylation is 1. The van der Waals surface area contributed by atoms with Crippen molar-refractivity contribution in [2.45, 2.75) is 32.9 Å². The van der Waals surface area contributed by atoms with Gasteiger partial charge in [-0.2, -0.15) is 4.98 Å². The van der Waals surface area contributed by atoms with Gasteiger partial charge < -0.3 is 9.84 Å². The fourth-order valence-electron chi connectivity index (χ4n) is 3.38. The van der Waals surface area contributed by atoms with Gasteiger partial charge in [-0.1, -0.05) is 41.1 Å². The quantitative estimate of drug-likeness (QED) is 0.740. The van der Waals surface area contributed by atoms with Gasteiger partial charge in [-0.25, -0.2) is 0 Å². The Balaban J connectivity index is 1.56. The van der Waals surface area contributed by atoms with Crippen molar-refractivity contribution < 1.29 is 9.32 Å². The standard InChI is InChI=1S/C21H29N5O2/c1-5-10-22-20(27)16(3)25-11-13-26(14-12-25)17(4)21-23-19(24-28-21)18-8-6-15(2)7-9-18/h5-9,16-17H,1,10-14H2,2-4H3,(H,22,27). The predicted octanol–water partition coefficient (Wildman–Crippen LogP) is 2.41. The molecule has 3 rings (SSSR count). The van der Waals surface area contributed by atoms with Crippen LogP contribution in [0.2, 0.25) is 0 Å². The lowest BCUT2D eigenvalue weighted by atomic mass is 10.1. The van der Waals surface area contributed by atoms with Crippen molar-refractivity contribution in [1.29, 1.82) is 0 Å². The fourth-order valence-corrected chi connectivity index (χ4v) is 3.38. The highest BCUT2D eigenvalue weighted by atomic mass is 16.5. The van der Waals surface area contributed by atoms with Crippen LogP contribution >= 0.6 is 0 Å². The Hall–Kier alpha value is -2.51. The number of hydrogen-bond donors (Lipinski definition) is 1. The summed E-state index contributed by atoms with van der Waals surface area (Å²) in [6.45, 7) is 13.6. The van der Waals surface area contributed by atoms with E-state index in [4.69, 9.17) is 4.52 Å². The number of amides is 1. The maximum absolute atomic E-state index is 12.1. The summed E-state index contributed by atoms with van der Waals surface area (Å²) in [6, 6.07) is 7.99. The number of nitrogens with zero attached hydrogens (tertiary/aromatic N) is 4. The Kier molecular flexibility index (Phi) is 6.59. The van der Waals surface area contributed by atoms with E-state index in [9.17, 15) is 4.79 Å². The van der Waals surface area contributed by atoms with Gasteiger partial charge in [0.15, 0.2) is 0 Å². The van der Waals surface area contributed by atoms with Gasteiger partial charge in [0.2, 0.25) is 17.6 Å². The molecule has 1 aliphatic rings. The zero-order valence-electron chi connectivity index (χ0n) is 16.9. The maximum Gasteiger partial charge on any atom is 0.244 e. The molecule has 0 spiro atoms. The van der Waals surface area contributed by atoms with Gasteiger partial charge in [-0.3, -0.25) is 14.6 Å². The molecule has 1 N–H and O–H groups in total. The number of benzene rings is 1. The minimum absolute atomic E-state index is 0.0405. The van der Waals surface area contributed by atoms with Crippen LogP contribution in [0.5, 0.6) is 0 Å². The van der Waals surface area contributed by atoms with Gasteiger partial charge in [0.25, 0.3) is 0 Å². The molecule has 2 atom stereocenters. The van der Waals surface area contributed by atoms with Crippen LogP contribution in [0, 0.1) is 6.92 Å². The van der Waals surface area contributed by atoms with E-state index in [1.807, 2.05) is 31.2 Å². The minimum atomic E-state index is -0.144. The van der Waals surface area contributed by atoms with E-state index in [1.165, 1.54) is 5.56 Å². The van der Waals surface area contributed by atoms with Crippen LogP contribution in [0.1, 0.15) is 31.3 Å². The van der Waals surface area contributed by atoms with Crippen molar-refractivity contribution in [2.75, 3.05) is 32.7 Å². The molecular weight excluding hydrogens is 354 g/mol. The lowest BCUT2D eigenvalue weighted by Gasteiger charge is -2.39. The fraction of sp³-hybridized carbons (Fsp3) is 0.476. The van der Waals surface area contributed by atoms with E-state index in [0.717, 1.165) is 31.7 Å². The molecule has 1 aromatic carbocycles. The van der Waals surface area contributed by atoms with Crippen molar-refractivity contribution in [3.63, 3.8) is 0 Å². The number of carbonyl (C=O) groups excluding carboxylic acids is 1. The summed E-state index contributed by atoms with van der Waals surface area (Å²) in [7, 11) is 0. The van der Waals surface area contributed by atoms with Gasteiger partial charge in [0.05, 0.1) is 12.1 Å². The smallest absolute Gasteiger partial charge is 0.244 e. The molecule has 7 nitrogen and oxygen atoms in total. The summed E-state index contributed by atoms with van der Waals surface area (Å²) in [4.78, 5) is 21.3. The first-order valence-electron chi connectivity index (χ1n) is 9.77. The van der Waals surface area contributed by atoms with Gasteiger partial charge in [0, 0.05) is 38.3 Å². The SMILES string of the molecule is C=CCNC(=O)C(C)N1CCN(C(C)c2nc(-c3ccc(C)cc3)no2)CC1. The van der Waals surface area contributed by atoms with Crippen LogP contribution in [0.3, 0.4) is 0 Å². The van der Waals surface area contributed by atoms with Gasteiger partial charge in [-0.15, -0.1) is 6.58 Å². The monoisotopic (exact) mass is 383 g/mol. The van der Waals surface area contributed by atoms with Crippen LogP contribution in [0.4, 0.5) is 0 Å². The molecule has 28 heavy (non-hydrogen) atoms. The Morgan fingerprint density at radius 1 is 1.21 bits per heavy atom. The van der Waals surface area contributed by atoms with Crippen LogP contribution in [-0.4, -0.2) is 64.6 Å². The third kappa shape index (κ3) is 4.66. The molecule has 2 unspecified atom stereocenters. The largest absolute Gasteiger partial charge is 0.351 e. The second kappa shape index (κ2) is 9.12. The average Bonchev–Trinajstić information content (AvgIpc) is 3.21. The summed E-state index contributed by atoms with van der Waals surface area (Å²) < 4.78 is 5.53. The van der Waals surface area contributed by atoms with E-state index in [1.54, 1.807) is 6.08 Å². The molecule has 1 aromatic heterocycles. The number of nitrogens with one attached hydrogen (secondary N) is 1. The first-order valence-corrected chi connectivity index (χ1v) is 9.77. The summed E-state index contributed by atoms with van der Waals surface area (Å²) in [5, 5.41) is 7.01. The predicted molar refractivity (Wildman–Crippen MR) is 109 cm³/mol. The molecule has 1 fully saturated rings. The Bertz CT molecular complexity index is 793. The molecule has 0 bridgehead atoms. The molecule has 1 amide bonds. The third-order valence-corrected chi connectivity index (χ3v) is 5.35. The number of hydrogen-bond acceptors (Lipinski definition) is 6. The van der Waals surface area contributed by atoms with Crippen LogP contribution in [0.15, 0.2) is 41.4 Å². The summed E-state index contributed by atoms with van der Waals surface area (Å²) >= 11 is 0. The Labute approximate surface area is 166 Å². The topological polar surface area (TPSA) is 74.5 Å². The lowest BCUT2D eigenvalue weighted by Crippen LogP contribution is -2.54. The van der Waals surface area contributed by atoms with E-state index >= 15 is 0 Å². The van der Waals surface area contributed by atoms with Crippen LogP contribution in [-0.2, 0) is 4.79 Å². The van der Waals surface area contributed by atoms with Gasteiger partial charge in [-0.05, 0) is 20.8 Å². The molecule has 150 valence electrons. The highest BCUT2D eigenvalue weighted by Gasteiger charge is 2.29. The van der Waals surface area contributed by atoms with Crippen molar-refractivity contribution in [3.05, 3.63) is 48.4 Å². The average molecular weight is 383 g/mol. The highest BCUT2D eigenvalue weighted by Crippen LogP contribution is 2.24. The molecular formula is C21H29N5O2. The number of rotatable bonds is 7. The Morgan fingerprint density at radius 3 is 2.50 bits per heavy atom. The number of piperazine rings is 1. The normalized spacial score (nSPS) is 17.8. The van der Waals surface area contributed by atoms with Crippen molar-refractivity contribution >= 4 is 5.91 Å². The molecule has 1 saturated heterocycles. The Morgan fingerprint density at radius 2 is 1.86 bits per heavy atom. The zero-order valence-corrected chi connectivity index (χ0v) is 16.9. The van der Waals surface area contributed by atoms with Crippen LogP contribution in [0.25, 0.3) is 11.4 Å². The lowest BCUT2D eigenvalue weighted by molar-refractivity contribution is -0.126. The number of aromatic nitrogens is 2. The molecule has 0 aliphatic carbocycles. The molecule has 0 saturated carbocycles. The second-order valence-electron chi connectivity index (χ2n) is 7.28. The summed E-state index contributed by atoms with van der Waals surface area (Å²) in [5.74, 6) is 1.29. The maximum atomic E-state index is 12.1. The summed E-state index contributed by atoms with van der Waals surface area (Å²) in [6.07, 6.45) is 1.69. The van der Waals surface area contributed by atoms with Gasteiger partial charge >= 0.3 is 0 Å². The first-order chi connectivity index (χ1) is 13.5. The molecule has 1 aliphatic heterocycles. The zero-order chi connectivity index (χ0) is 20.1. The van der Waals surface area contributed by atoms with E-state index in [2.05, 4.69) is 45.7 Å². The highest BCUT2D eigenvalue weighted by molar-refractivity contribution is 5.81. The van der Waals surface area contributed by atoms with Crippen molar-refractivity contribution in [3.8, 4) is 11.4 Å².